The molecule has 0 spiro atoms. The van der Waals surface area contributed by atoms with Crippen molar-refractivity contribution in [2.75, 3.05) is 13.1 Å². The molecule has 0 aliphatic carbocycles. The van der Waals surface area contributed by atoms with E-state index in [0.29, 0.717) is 6.04 Å². The molecule has 3 heteroatoms. The molecule has 0 bridgehead atoms. The van der Waals surface area contributed by atoms with Gasteiger partial charge in [-0.05, 0) is 46.7 Å². The van der Waals surface area contributed by atoms with Gasteiger partial charge in [0.05, 0.1) is 0 Å². The number of nitrogens with zero attached hydrogens (tertiary/aromatic N) is 1. The maximum absolute atomic E-state index is 5.86. The molecule has 1 saturated heterocycles. The van der Waals surface area contributed by atoms with E-state index < -0.39 is 0 Å². The molecular formula is C11H15IN2. The summed E-state index contributed by atoms with van der Waals surface area (Å²) in [5.41, 5.74) is 7.25. The van der Waals surface area contributed by atoms with Crippen molar-refractivity contribution < 1.29 is 0 Å². The highest BCUT2D eigenvalue weighted by Crippen LogP contribution is 2.13. The fourth-order valence-electron chi connectivity index (χ4n) is 1.85. The molecule has 0 unspecified atom stereocenters. The standard InChI is InChI=1S/C11H15IN2/c12-10-3-1-9(2-4-10)7-14-6-5-11(13)8-14/h1-4,11H,5-8,13H2/t11-/m0/s1. The molecule has 1 aromatic rings. The molecule has 1 fully saturated rings. The topological polar surface area (TPSA) is 29.3 Å². The summed E-state index contributed by atoms with van der Waals surface area (Å²) in [6, 6.07) is 9.11. The second kappa shape index (κ2) is 4.59. The second-order valence-corrected chi connectivity index (χ2v) is 5.16. The van der Waals surface area contributed by atoms with Crippen molar-refractivity contribution in [3.05, 3.63) is 33.4 Å². The Morgan fingerprint density at radius 3 is 2.64 bits per heavy atom. The van der Waals surface area contributed by atoms with E-state index in [1.54, 1.807) is 0 Å². The second-order valence-electron chi connectivity index (χ2n) is 3.91. The van der Waals surface area contributed by atoms with Gasteiger partial charge >= 0.3 is 0 Å². The Hall–Kier alpha value is -0.130. The van der Waals surface area contributed by atoms with Gasteiger partial charge in [-0.3, -0.25) is 4.90 Å². The largest absolute Gasteiger partial charge is 0.326 e. The normalized spacial score (nSPS) is 22.9. The van der Waals surface area contributed by atoms with Gasteiger partial charge in [0.1, 0.15) is 0 Å². The van der Waals surface area contributed by atoms with Crippen molar-refractivity contribution in [3.63, 3.8) is 0 Å². The van der Waals surface area contributed by atoms with Crippen LogP contribution in [0.25, 0.3) is 0 Å². The molecule has 14 heavy (non-hydrogen) atoms. The summed E-state index contributed by atoms with van der Waals surface area (Å²) in [6.45, 7) is 3.24. The van der Waals surface area contributed by atoms with Crippen LogP contribution >= 0.6 is 22.6 Å². The lowest BCUT2D eigenvalue weighted by molar-refractivity contribution is 0.327. The molecule has 0 amide bonds. The number of benzene rings is 1. The first kappa shape index (κ1) is 10.4. The zero-order valence-corrected chi connectivity index (χ0v) is 10.3. The summed E-state index contributed by atoms with van der Waals surface area (Å²) in [6.07, 6.45) is 1.14. The van der Waals surface area contributed by atoms with Gasteiger partial charge in [0.25, 0.3) is 0 Å². The van der Waals surface area contributed by atoms with Gasteiger partial charge in [-0.2, -0.15) is 0 Å². The highest BCUT2D eigenvalue weighted by Gasteiger charge is 2.18. The molecule has 1 aliphatic rings. The van der Waals surface area contributed by atoms with Crippen LogP contribution in [0.4, 0.5) is 0 Å². The molecule has 1 aromatic carbocycles. The van der Waals surface area contributed by atoms with E-state index in [4.69, 9.17) is 5.73 Å². The molecule has 2 nitrogen and oxygen atoms in total. The van der Waals surface area contributed by atoms with Crippen molar-refractivity contribution in [1.82, 2.24) is 4.90 Å². The van der Waals surface area contributed by atoms with Crippen LogP contribution in [0.2, 0.25) is 0 Å². The quantitative estimate of drug-likeness (QED) is 0.845. The van der Waals surface area contributed by atoms with Crippen LogP contribution in [-0.2, 0) is 6.54 Å². The Morgan fingerprint density at radius 1 is 1.36 bits per heavy atom. The van der Waals surface area contributed by atoms with Crippen molar-refractivity contribution in [2.24, 2.45) is 5.73 Å². The van der Waals surface area contributed by atoms with Crippen molar-refractivity contribution in [2.45, 2.75) is 19.0 Å². The van der Waals surface area contributed by atoms with E-state index >= 15 is 0 Å². The van der Waals surface area contributed by atoms with E-state index in [0.717, 1.165) is 26.1 Å². The summed E-state index contributed by atoms with van der Waals surface area (Å²) in [4.78, 5) is 2.42. The minimum absolute atomic E-state index is 0.388. The Labute approximate surface area is 98.6 Å². The summed E-state index contributed by atoms with van der Waals surface area (Å²) >= 11 is 2.33. The average Bonchev–Trinajstić information content (AvgIpc) is 2.56. The molecule has 1 heterocycles. The van der Waals surface area contributed by atoms with Gasteiger partial charge in [0.2, 0.25) is 0 Å². The maximum Gasteiger partial charge on any atom is 0.0234 e. The van der Waals surface area contributed by atoms with Crippen LogP contribution in [0.3, 0.4) is 0 Å². The molecule has 0 saturated carbocycles. The first-order valence-corrected chi connectivity index (χ1v) is 6.04. The predicted molar refractivity (Wildman–Crippen MR) is 67.0 cm³/mol. The van der Waals surface area contributed by atoms with E-state index in [-0.39, 0.29) is 0 Å². The predicted octanol–water partition coefficient (Wildman–Crippen LogP) is 1.82. The van der Waals surface area contributed by atoms with Gasteiger partial charge in [-0.1, -0.05) is 12.1 Å². The van der Waals surface area contributed by atoms with Crippen LogP contribution < -0.4 is 5.73 Å². The Morgan fingerprint density at radius 2 is 2.07 bits per heavy atom. The molecule has 76 valence electrons. The third-order valence-corrected chi connectivity index (χ3v) is 3.35. The van der Waals surface area contributed by atoms with Gasteiger partial charge in [0, 0.05) is 29.2 Å². The van der Waals surface area contributed by atoms with Gasteiger partial charge in [-0.15, -0.1) is 0 Å². The van der Waals surface area contributed by atoms with Crippen LogP contribution in [0.5, 0.6) is 0 Å². The lowest BCUT2D eigenvalue weighted by atomic mass is 10.2. The fraction of sp³-hybridized carbons (Fsp3) is 0.455. The zero-order valence-electron chi connectivity index (χ0n) is 8.12. The first-order valence-electron chi connectivity index (χ1n) is 4.96. The Balaban J connectivity index is 1.94. The SMILES string of the molecule is N[C@H]1CCN(Cc2ccc(I)cc2)C1. The van der Waals surface area contributed by atoms with E-state index in [9.17, 15) is 0 Å². The molecule has 2 N–H and O–H groups in total. The molecule has 2 rings (SSSR count). The molecule has 0 aromatic heterocycles. The number of halogens is 1. The molecule has 1 aliphatic heterocycles. The highest BCUT2D eigenvalue weighted by molar-refractivity contribution is 14.1. The number of hydrogen-bond donors (Lipinski definition) is 1. The number of likely N-dealkylation sites (tertiary alicyclic amines) is 1. The Kier molecular flexibility index (Phi) is 3.41. The minimum atomic E-state index is 0.388. The average molecular weight is 302 g/mol. The van der Waals surface area contributed by atoms with Crippen molar-refractivity contribution >= 4 is 22.6 Å². The summed E-state index contributed by atoms with van der Waals surface area (Å²) in [7, 11) is 0. The maximum atomic E-state index is 5.86. The lowest BCUT2D eigenvalue weighted by Crippen LogP contribution is -2.26. The lowest BCUT2D eigenvalue weighted by Gasteiger charge is -2.14. The van der Waals surface area contributed by atoms with Crippen molar-refractivity contribution in [3.8, 4) is 0 Å². The molecular weight excluding hydrogens is 287 g/mol. The van der Waals surface area contributed by atoms with Crippen LogP contribution in [-0.4, -0.2) is 24.0 Å². The minimum Gasteiger partial charge on any atom is -0.326 e. The van der Waals surface area contributed by atoms with Gasteiger partial charge in [0.15, 0.2) is 0 Å². The van der Waals surface area contributed by atoms with E-state index in [2.05, 4.69) is 51.8 Å². The molecule has 1 atom stereocenters. The summed E-state index contributed by atoms with van der Waals surface area (Å²) in [5, 5.41) is 0. The third kappa shape index (κ3) is 2.68. The van der Waals surface area contributed by atoms with E-state index in [1.165, 1.54) is 9.13 Å². The molecule has 0 radical (unpaired) electrons. The fourth-order valence-corrected chi connectivity index (χ4v) is 2.21. The number of hydrogen-bond acceptors (Lipinski definition) is 2. The number of nitrogens with two attached hydrogens (primary N) is 1. The summed E-state index contributed by atoms with van der Waals surface area (Å²) < 4.78 is 1.30. The highest BCUT2D eigenvalue weighted by atomic mass is 127. The summed E-state index contributed by atoms with van der Waals surface area (Å²) in [5.74, 6) is 0. The zero-order chi connectivity index (χ0) is 9.97. The number of rotatable bonds is 2. The monoisotopic (exact) mass is 302 g/mol. The van der Waals surface area contributed by atoms with Crippen LogP contribution in [0.1, 0.15) is 12.0 Å². The van der Waals surface area contributed by atoms with Gasteiger partial charge < -0.3 is 5.73 Å². The third-order valence-electron chi connectivity index (χ3n) is 2.63. The first-order chi connectivity index (χ1) is 6.74. The Bertz CT molecular complexity index is 297. The smallest absolute Gasteiger partial charge is 0.0234 e. The van der Waals surface area contributed by atoms with Gasteiger partial charge in [-0.25, -0.2) is 0 Å². The van der Waals surface area contributed by atoms with Crippen LogP contribution in [0.15, 0.2) is 24.3 Å². The van der Waals surface area contributed by atoms with Crippen molar-refractivity contribution in [1.29, 1.82) is 0 Å². The van der Waals surface area contributed by atoms with Crippen LogP contribution in [0, 0.1) is 3.57 Å². The van der Waals surface area contributed by atoms with E-state index in [1.807, 2.05) is 0 Å².